The van der Waals surface area contributed by atoms with Gasteiger partial charge < -0.3 is 19.8 Å². The van der Waals surface area contributed by atoms with Crippen molar-refractivity contribution in [3.63, 3.8) is 0 Å². The van der Waals surface area contributed by atoms with Gasteiger partial charge in [0.15, 0.2) is 0 Å². The SMILES string of the molecule is O=C(N[C@@H]1CCOC2(CCOCC2)C1)c1c[nH]c(=O)cn1. The third-order valence-corrected chi connectivity index (χ3v) is 4.14. The molecule has 1 aromatic rings. The van der Waals surface area contributed by atoms with Crippen molar-refractivity contribution in [1.29, 1.82) is 0 Å². The number of nitrogens with zero attached hydrogens (tertiary/aromatic N) is 1. The Morgan fingerprint density at radius 2 is 2.19 bits per heavy atom. The molecule has 7 nitrogen and oxygen atoms in total. The van der Waals surface area contributed by atoms with Crippen LogP contribution in [0.3, 0.4) is 0 Å². The van der Waals surface area contributed by atoms with Gasteiger partial charge in [0, 0.05) is 32.1 Å². The van der Waals surface area contributed by atoms with E-state index in [9.17, 15) is 9.59 Å². The molecule has 0 aliphatic carbocycles. The van der Waals surface area contributed by atoms with E-state index in [1.807, 2.05) is 0 Å². The Balaban J connectivity index is 1.63. The van der Waals surface area contributed by atoms with E-state index in [4.69, 9.17) is 9.47 Å². The maximum Gasteiger partial charge on any atom is 0.271 e. The zero-order chi connectivity index (χ0) is 14.7. The fourth-order valence-electron chi connectivity index (χ4n) is 2.97. The maximum atomic E-state index is 12.1. The maximum absolute atomic E-state index is 12.1. The van der Waals surface area contributed by atoms with E-state index in [0.29, 0.717) is 19.8 Å². The summed E-state index contributed by atoms with van der Waals surface area (Å²) in [6.45, 7) is 2.06. The highest BCUT2D eigenvalue weighted by atomic mass is 16.5. The fourth-order valence-corrected chi connectivity index (χ4v) is 2.97. The van der Waals surface area contributed by atoms with Crippen LogP contribution in [0.5, 0.6) is 0 Å². The van der Waals surface area contributed by atoms with Crippen LogP contribution in [0, 0.1) is 0 Å². The minimum atomic E-state index is -0.321. The Kier molecular flexibility index (Phi) is 4.03. The molecule has 114 valence electrons. The highest BCUT2D eigenvalue weighted by Crippen LogP contribution is 2.34. The molecular weight excluding hydrogens is 274 g/mol. The van der Waals surface area contributed by atoms with Crippen molar-refractivity contribution in [3.8, 4) is 0 Å². The second-order valence-electron chi connectivity index (χ2n) is 5.60. The van der Waals surface area contributed by atoms with E-state index < -0.39 is 0 Å². The molecular formula is C14H19N3O4. The lowest BCUT2D eigenvalue weighted by molar-refractivity contribution is -0.139. The molecule has 2 saturated heterocycles. The number of carbonyl (C=O) groups is 1. The van der Waals surface area contributed by atoms with Crippen LogP contribution in [0.4, 0.5) is 0 Å². The summed E-state index contributed by atoms with van der Waals surface area (Å²) in [4.78, 5) is 29.4. The van der Waals surface area contributed by atoms with Crippen molar-refractivity contribution >= 4 is 5.91 Å². The second kappa shape index (κ2) is 5.95. The highest BCUT2D eigenvalue weighted by Gasteiger charge is 2.39. The number of amides is 1. The predicted molar refractivity (Wildman–Crippen MR) is 74.1 cm³/mol. The van der Waals surface area contributed by atoms with Crippen LogP contribution in [0.15, 0.2) is 17.2 Å². The van der Waals surface area contributed by atoms with Gasteiger partial charge in [0.05, 0.1) is 11.8 Å². The molecule has 3 rings (SSSR count). The smallest absolute Gasteiger partial charge is 0.271 e. The van der Waals surface area contributed by atoms with Crippen LogP contribution in [0.2, 0.25) is 0 Å². The molecule has 1 aromatic heterocycles. The first-order chi connectivity index (χ1) is 10.2. The molecule has 2 aliphatic heterocycles. The number of hydrogen-bond donors (Lipinski definition) is 2. The number of rotatable bonds is 2. The van der Waals surface area contributed by atoms with Gasteiger partial charge in [-0.3, -0.25) is 9.59 Å². The van der Waals surface area contributed by atoms with E-state index in [2.05, 4.69) is 15.3 Å². The quantitative estimate of drug-likeness (QED) is 0.814. The molecule has 0 radical (unpaired) electrons. The first-order valence-corrected chi connectivity index (χ1v) is 7.24. The van der Waals surface area contributed by atoms with Crippen molar-refractivity contribution in [2.24, 2.45) is 0 Å². The van der Waals surface area contributed by atoms with Crippen LogP contribution in [0.1, 0.15) is 36.2 Å². The van der Waals surface area contributed by atoms with Crippen LogP contribution in [-0.2, 0) is 9.47 Å². The molecule has 1 spiro atoms. The van der Waals surface area contributed by atoms with Gasteiger partial charge in [0.25, 0.3) is 11.5 Å². The lowest BCUT2D eigenvalue weighted by atomic mass is 9.84. The molecule has 0 unspecified atom stereocenters. The molecule has 1 atom stereocenters. The summed E-state index contributed by atoms with van der Waals surface area (Å²) in [5, 5.41) is 2.98. The Hall–Kier alpha value is -1.73. The van der Waals surface area contributed by atoms with Crippen LogP contribution < -0.4 is 10.9 Å². The summed E-state index contributed by atoms with van der Waals surface area (Å²) in [6, 6.07) is 0.0677. The molecule has 2 N–H and O–H groups in total. The van der Waals surface area contributed by atoms with Gasteiger partial charge in [-0.25, -0.2) is 4.98 Å². The molecule has 1 amide bonds. The van der Waals surface area contributed by atoms with Crippen molar-refractivity contribution in [3.05, 3.63) is 28.4 Å². The monoisotopic (exact) mass is 293 g/mol. The molecule has 2 fully saturated rings. The summed E-state index contributed by atoms with van der Waals surface area (Å²) in [5.74, 6) is -0.264. The summed E-state index contributed by atoms with van der Waals surface area (Å²) in [6.07, 6.45) is 5.77. The number of ether oxygens (including phenoxy) is 2. The van der Waals surface area contributed by atoms with Gasteiger partial charge in [-0.05, 0) is 25.7 Å². The van der Waals surface area contributed by atoms with E-state index in [1.165, 1.54) is 6.20 Å². The number of aromatic amines is 1. The average molecular weight is 293 g/mol. The zero-order valence-electron chi connectivity index (χ0n) is 11.8. The number of carbonyl (C=O) groups excluding carboxylic acids is 1. The molecule has 21 heavy (non-hydrogen) atoms. The normalized spacial score (nSPS) is 24.7. The number of nitrogens with one attached hydrogen (secondary N) is 2. The summed E-state index contributed by atoms with van der Waals surface area (Å²) >= 11 is 0. The predicted octanol–water partition coefficient (Wildman–Crippen LogP) is 0.228. The minimum Gasteiger partial charge on any atom is -0.381 e. The van der Waals surface area contributed by atoms with Crippen LogP contribution in [0.25, 0.3) is 0 Å². The van der Waals surface area contributed by atoms with Gasteiger partial charge in [0.1, 0.15) is 5.69 Å². The van der Waals surface area contributed by atoms with Crippen LogP contribution >= 0.6 is 0 Å². The van der Waals surface area contributed by atoms with Crippen molar-refractivity contribution in [2.45, 2.75) is 37.3 Å². The molecule has 2 aliphatic rings. The van der Waals surface area contributed by atoms with Crippen molar-refractivity contribution < 1.29 is 14.3 Å². The second-order valence-corrected chi connectivity index (χ2v) is 5.60. The van der Waals surface area contributed by atoms with Gasteiger partial charge in [0.2, 0.25) is 0 Å². The lowest BCUT2D eigenvalue weighted by Crippen LogP contribution is -2.51. The molecule has 7 heteroatoms. The van der Waals surface area contributed by atoms with Crippen LogP contribution in [-0.4, -0.2) is 47.3 Å². The summed E-state index contributed by atoms with van der Waals surface area (Å²) in [7, 11) is 0. The Labute approximate surface area is 122 Å². The van der Waals surface area contributed by atoms with E-state index in [0.717, 1.165) is 31.9 Å². The molecule has 0 aromatic carbocycles. The van der Waals surface area contributed by atoms with E-state index >= 15 is 0 Å². The van der Waals surface area contributed by atoms with E-state index in [1.54, 1.807) is 0 Å². The lowest BCUT2D eigenvalue weighted by Gasteiger charge is -2.43. The average Bonchev–Trinajstić information content (AvgIpc) is 2.49. The van der Waals surface area contributed by atoms with Crippen molar-refractivity contribution in [1.82, 2.24) is 15.3 Å². The third-order valence-electron chi connectivity index (χ3n) is 4.14. The minimum absolute atomic E-state index is 0.0677. The van der Waals surface area contributed by atoms with Gasteiger partial charge in [-0.2, -0.15) is 0 Å². The van der Waals surface area contributed by atoms with Gasteiger partial charge >= 0.3 is 0 Å². The number of hydrogen-bond acceptors (Lipinski definition) is 5. The summed E-state index contributed by atoms with van der Waals surface area (Å²) < 4.78 is 11.3. The Bertz CT molecular complexity index is 540. The highest BCUT2D eigenvalue weighted by molar-refractivity contribution is 5.92. The van der Waals surface area contributed by atoms with Gasteiger partial charge in [-0.1, -0.05) is 0 Å². The van der Waals surface area contributed by atoms with Gasteiger partial charge in [-0.15, -0.1) is 0 Å². The molecule has 0 saturated carbocycles. The first-order valence-electron chi connectivity index (χ1n) is 7.24. The molecule has 0 bridgehead atoms. The fraction of sp³-hybridized carbons (Fsp3) is 0.643. The topological polar surface area (TPSA) is 93.3 Å². The van der Waals surface area contributed by atoms with Crippen molar-refractivity contribution in [2.75, 3.05) is 19.8 Å². The van der Waals surface area contributed by atoms with E-state index in [-0.39, 0.29) is 28.8 Å². The Morgan fingerprint density at radius 3 is 2.90 bits per heavy atom. The largest absolute Gasteiger partial charge is 0.381 e. The Morgan fingerprint density at radius 1 is 1.38 bits per heavy atom. The standard InChI is InChI=1S/C14H19N3O4/c18-12-9-15-11(8-16-12)13(19)17-10-1-4-21-14(7-10)2-5-20-6-3-14/h8-10H,1-7H2,(H,16,18)(H,17,19)/t10-/m1/s1. The zero-order valence-corrected chi connectivity index (χ0v) is 11.8. The summed E-state index contributed by atoms with van der Waals surface area (Å²) in [5.41, 5.74) is -0.256. The number of H-pyrrole nitrogens is 1. The number of aromatic nitrogens is 2. The third kappa shape index (κ3) is 3.30. The molecule has 3 heterocycles. The first kappa shape index (κ1) is 14.2.